The lowest BCUT2D eigenvalue weighted by atomic mass is 9.78. The van der Waals surface area contributed by atoms with Crippen molar-refractivity contribution in [3.05, 3.63) is 53.7 Å². The molecule has 0 radical (unpaired) electrons. The van der Waals surface area contributed by atoms with Crippen LogP contribution < -0.4 is 9.80 Å². The topological polar surface area (TPSA) is 36.4 Å². The Labute approximate surface area is 162 Å². The number of aryl methyl sites for hydroxylation is 1. The van der Waals surface area contributed by atoms with E-state index in [9.17, 15) is 18.0 Å². The monoisotopic (exact) mass is 389 g/mol. The second-order valence-electron chi connectivity index (χ2n) is 7.70. The Hall–Kier alpha value is -2.57. The van der Waals surface area contributed by atoms with Crippen molar-refractivity contribution in [2.24, 2.45) is 5.41 Å². The number of amides is 1. The normalized spacial score (nSPS) is 22.9. The number of benzene rings is 1. The molecule has 4 rings (SSSR count). The summed E-state index contributed by atoms with van der Waals surface area (Å²) in [6.45, 7) is 3.84. The van der Waals surface area contributed by atoms with Crippen molar-refractivity contribution >= 4 is 17.4 Å². The minimum Gasteiger partial charge on any atom is -0.356 e. The molecule has 0 saturated carbocycles. The third-order valence-corrected chi connectivity index (χ3v) is 5.90. The van der Waals surface area contributed by atoms with Gasteiger partial charge in [-0.25, -0.2) is 4.98 Å². The molecule has 0 N–H and O–H groups in total. The molecule has 148 valence electrons. The number of nitrogens with zero attached hydrogens (tertiary/aromatic N) is 3. The maximum Gasteiger partial charge on any atom is 0.417 e. The molecule has 1 aromatic carbocycles. The van der Waals surface area contributed by atoms with Crippen molar-refractivity contribution in [1.82, 2.24) is 4.98 Å². The average molecular weight is 389 g/mol. The number of alkyl halides is 3. The van der Waals surface area contributed by atoms with Crippen molar-refractivity contribution in [2.75, 3.05) is 29.4 Å². The lowest BCUT2D eigenvalue weighted by Gasteiger charge is -2.39. The summed E-state index contributed by atoms with van der Waals surface area (Å²) in [5.41, 5.74) is 0.745. The highest BCUT2D eigenvalue weighted by molar-refractivity contribution is 6.01. The molecule has 2 aromatic rings. The number of anilines is 2. The number of pyridine rings is 1. The van der Waals surface area contributed by atoms with Gasteiger partial charge in [-0.05, 0) is 49.9 Å². The summed E-state index contributed by atoms with van der Waals surface area (Å²) >= 11 is 0. The van der Waals surface area contributed by atoms with Gasteiger partial charge in [0.2, 0.25) is 5.91 Å². The molecule has 1 spiro atoms. The minimum absolute atomic E-state index is 0.110. The smallest absolute Gasteiger partial charge is 0.356 e. The molecule has 2 aliphatic heterocycles. The largest absolute Gasteiger partial charge is 0.417 e. The summed E-state index contributed by atoms with van der Waals surface area (Å²) < 4.78 is 38.4. The van der Waals surface area contributed by atoms with Gasteiger partial charge in [0.25, 0.3) is 0 Å². The first-order valence-corrected chi connectivity index (χ1v) is 9.46. The number of para-hydroxylation sites is 1. The lowest BCUT2D eigenvalue weighted by molar-refractivity contribution is -0.137. The van der Waals surface area contributed by atoms with Crippen LogP contribution in [0.25, 0.3) is 0 Å². The van der Waals surface area contributed by atoms with Crippen LogP contribution in [0.4, 0.5) is 24.7 Å². The third kappa shape index (κ3) is 3.23. The van der Waals surface area contributed by atoms with Gasteiger partial charge in [-0.1, -0.05) is 18.2 Å². The number of hydrogen-bond donors (Lipinski definition) is 0. The van der Waals surface area contributed by atoms with Gasteiger partial charge in [-0.3, -0.25) is 4.79 Å². The van der Waals surface area contributed by atoms with Crippen LogP contribution in [0.15, 0.2) is 42.6 Å². The number of carbonyl (C=O) groups excluding carboxylic acids is 1. The van der Waals surface area contributed by atoms with E-state index in [1.54, 1.807) is 0 Å². The van der Waals surface area contributed by atoms with Crippen LogP contribution in [0.1, 0.15) is 30.4 Å². The zero-order valence-corrected chi connectivity index (χ0v) is 15.7. The van der Waals surface area contributed by atoms with E-state index in [1.807, 2.05) is 41.0 Å². The molecule has 2 fully saturated rings. The Kier molecular flexibility index (Phi) is 4.56. The number of halogens is 3. The fraction of sp³-hybridized carbons (Fsp3) is 0.429. The minimum atomic E-state index is -4.40. The Bertz CT molecular complexity index is 881. The van der Waals surface area contributed by atoms with Gasteiger partial charge in [0.05, 0.1) is 11.0 Å². The Balaban J connectivity index is 1.55. The average Bonchev–Trinajstić information content (AvgIpc) is 2.97. The Morgan fingerprint density at radius 3 is 2.54 bits per heavy atom. The molecule has 0 bridgehead atoms. The summed E-state index contributed by atoms with van der Waals surface area (Å²) in [5.74, 6) is 0.604. The van der Waals surface area contributed by atoms with Crippen LogP contribution in [0, 0.1) is 12.3 Å². The van der Waals surface area contributed by atoms with E-state index >= 15 is 0 Å². The highest BCUT2D eigenvalue weighted by atomic mass is 19.4. The molecular weight excluding hydrogens is 367 g/mol. The first-order valence-electron chi connectivity index (χ1n) is 9.46. The number of rotatable bonds is 2. The van der Waals surface area contributed by atoms with Crippen molar-refractivity contribution in [1.29, 1.82) is 0 Å². The van der Waals surface area contributed by atoms with Crippen molar-refractivity contribution in [2.45, 2.75) is 32.4 Å². The molecular formula is C21H22F3N3O. The zero-order valence-electron chi connectivity index (χ0n) is 15.7. The zero-order chi connectivity index (χ0) is 19.9. The van der Waals surface area contributed by atoms with Gasteiger partial charge < -0.3 is 9.80 Å². The van der Waals surface area contributed by atoms with E-state index in [4.69, 9.17) is 0 Å². The molecule has 1 atom stereocenters. The molecule has 4 nitrogen and oxygen atoms in total. The number of piperidine rings is 1. The highest BCUT2D eigenvalue weighted by Crippen LogP contribution is 2.43. The molecule has 3 heterocycles. The van der Waals surface area contributed by atoms with Crippen molar-refractivity contribution < 1.29 is 18.0 Å². The molecule has 7 heteroatoms. The fourth-order valence-corrected chi connectivity index (χ4v) is 4.36. The number of carbonyl (C=O) groups is 1. The Morgan fingerprint density at radius 2 is 1.86 bits per heavy atom. The molecule has 0 aliphatic carbocycles. The van der Waals surface area contributed by atoms with Gasteiger partial charge in [0.1, 0.15) is 5.82 Å². The van der Waals surface area contributed by atoms with Gasteiger partial charge >= 0.3 is 6.18 Å². The Morgan fingerprint density at radius 1 is 1.07 bits per heavy atom. The van der Waals surface area contributed by atoms with Gasteiger partial charge in [-0.2, -0.15) is 13.2 Å². The van der Waals surface area contributed by atoms with Gasteiger partial charge in [0.15, 0.2) is 0 Å². The SMILES string of the molecule is Cc1ccccc1N1CCC2(CCCN(c3ccc(C(F)(F)F)cn3)C2)C1=O. The summed E-state index contributed by atoms with van der Waals surface area (Å²) in [7, 11) is 0. The van der Waals surface area contributed by atoms with E-state index in [1.165, 1.54) is 6.07 Å². The molecule has 28 heavy (non-hydrogen) atoms. The van der Waals surface area contributed by atoms with Gasteiger partial charge in [-0.15, -0.1) is 0 Å². The summed E-state index contributed by atoms with van der Waals surface area (Å²) in [4.78, 5) is 21.2. The first-order chi connectivity index (χ1) is 13.3. The van der Waals surface area contributed by atoms with Crippen LogP contribution in [0.5, 0.6) is 0 Å². The molecule has 1 unspecified atom stereocenters. The molecule has 1 amide bonds. The predicted molar refractivity (Wildman–Crippen MR) is 101 cm³/mol. The maximum atomic E-state index is 13.3. The van der Waals surface area contributed by atoms with E-state index < -0.39 is 17.2 Å². The highest BCUT2D eigenvalue weighted by Gasteiger charge is 2.49. The first kappa shape index (κ1) is 18.8. The van der Waals surface area contributed by atoms with Crippen molar-refractivity contribution in [3.8, 4) is 0 Å². The third-order valence-electron chi connectivity index (χ3n) is 5.90. The predicted octanol–water partition coefficient (Wildman–Crippen LogP) is 4.43. The molecule has 1 aromatic heterocycles. The van der Waals surface area contributed by atoms with E-state index in [-0.39, 0.29) is 5.91 Å². The molecule has 2 saturated heterocycles. The molecule has 2 aliphatic rings. The summed E-state index contributed by atoms with van der Waals surface area (Å²) in [6, 6.07) is 10.3. The maximum absolute atomic E-state index is 13.3. The van der Waals surface area contributed by atoms with Crippen LogP contribution >= 0.6 is 0 Å². The van der Waals surface area contributed by atoms with Crippen LogP contribution in [0.3, 0.4) is 0 Å². The standard InChI is InChI=1S/C21H22F3N3O/c1-15-5-2-3-6-17(15)27-12-10-20(19(27)28)9-4-11-26(14-20)18-8-7-16(13-25-18)21(22,23)24/h2-3,5-8,13H,4,9-12,14H2,1H3. The number of hydrogen-bond acceptors (Lipinski definition) is 3. The van der Waals surface area contributed by atoms with Crippen LogP contribution in [-0.2, 0) is 11.0 Å². The quantitative estimate of drug-likeness (QED) is 0.762. The second kappa shape index (κ2) is 6.79. The van der Waals surface area contributed by atoms with Crippen molar-refractivity contribution in [3.63, 3.8) is 0 Å². The van der Waals surface area contributed by atoms with E-state index in [0.717, 1.165) is 42.8 Å². The fourth-order valence-electron chi connectivity index (χ4n) is 4.36. The summed E-state index contributed by atoms with van der Waals surface area (Å²) in [6.07, 6.45) is -1.17. The second-order valence-corrected chi connectivity index (χ2v) is 7.70. The van der Waals surface area contributed by atoms with Gasteiger partial charge in [0, 0.05) is 31.5 Å². The van der Waals surface area contributed by atoms with Crippen LogP contribution in [-0.4, -0.2) is 30.5 Å². The number of aromatic nitrogens is 1. The van der Waals surface area contributed by atoms with E-state index in [2.05, 4.69) is 4.98 Å². The van der Waals surface area contributed by atoms with Crippen LogP contribution in [0.2, 0.25) is 0 Å². The van der Waals surface area contributed by atoms with E-state index in [0.29, 0.717) is 25.5 Å². The lowest BCUT2D eigenvalue weighted by Crippen LogP contribution is -2.48. The summed E-state index contributed by atoms with van der Waals surface area (Å²) in [5, 5.41) is 0.